The molecule has 38 heavy (non-hydrogen) atoms. The minimum Gasteiger partial charge on any atom is -0.488 e. The summed E-state index contributed by atoms with van der Waals surface area (Å²) in [6.45, 7) is 5.75. The first-order valence-corrected chi connectivity index (χ1v) is 14.5. The van der Waals surface area contributed by atoms with Crippen molar-refractivity contribution in [3.8, 4) is 5.75 Å². The summed E-state index contributed by atoms with van der Waals surface area (Å²) in [5.41, 5.74) is 2.15. The van der Waals surface area contributed by atoms with Gasteiger partial charge in [-0.3, -0.25) is 9.59 Å². The van der Waals surface area contributed by atoms with Crippen molar-refractivity contribution >= 4 is 27.5 Å². The second-order valence-electron chi connectivity index (χ2n) is 10.6. The van der Waals surface area contributed by atoms with E-state index in [-0.39, 0.29) is 48.1 Å². The van der Waals surface area contributed by atoms with Gasteiger partial charge in [-0.2, -0.15) is 4.31 Å². The van der Waals surface area contributed by atoms with Crippen LogP contribution in [-0.4, -0.2) is 73.4 Å². The summed E-state index contributed by atoms with van der Waals surface area (Å²) in [7, 11) is -2.25. The van der Waals surface area contributed by atoms with E-state index in [1.54, 1.807) is 54.3 Å². The molecule has 0 bridgehead atoms. The van der Waals surface area contributed by atoms with Crippen LogP contribution >= 0.6 is 0 Å². The van der Waals surface area contributed by atoms with Gasteiger partial charge in [0.15, 0.2) is 0 Å². The molecule has 2 amide bonds. The Morgan fingerprint density at radius 1 is 1.21 bits per heavy atom. The number of anilines is 1. The molecular formula is C28H37N3O6S. The highest BCUT2D eigenvalue weighted by atomic mass is 32.2. The van der Waals surface area contributed by atoms with Gasteiger partial charge in [-0.1, -0.05) is 24.6 Å². The number of likely N-dealkylation sites (N-methyl/N-ethyl adjacent to an activating group) is 1. The number of hydrogen-bond donors (Lipinski definition) is 2. The Morgan fingerprint density at radius 2 is 1.89 bits per heavy atom. The first kappa shape index (κ1) is 28.1. The van der Waals surface area contributed by atoms with Crippen molar-refractivity contribution < 1.29 is 27.9 Å². The second kappa shape index (κ2) is 11.4. The third-order valence-electron chi connectivity index (χ3n) is 7.30. The molecule has 1 aliphatic heterocycles. The number of carbonyl (C=O) groups is 2. The molecule has 0 spiro atoms. The summed E-state index contributed by atoms with van der Waals surface area (Å²) >= 11 is 0. The topological polar surface area (TPSA) is 116 Å². The van der Waals surface area contributed by atoms with Crippen LogP contribution in [0.3, 0.4) is 0 Å². The average Bonchev–Trinajstić information content (AvgIpc) is 3.72. The largest absolute Gasteiger partial charge is 0.488 e. The first-order valence-electron chi connectivity index (χ1n) is 13.0. The van der Waals surface area contributed by atoms with E-state index in [9.17, 15) is 23.1 Å². The predicted octanol–water partition coefficient (Wildman–Crippen LogP) is 2.81. The summed E-state index contributed by atoms with van der Waals surface area (Å²) in [5.74, 6) is 0.0544. The third kappa shape index (κ3) is 6.36. The number of aryl methyl sites for hydroxylation is 1. The van der Waals surface area contributed by atoms with Gasteiger partial charge in [-0.15, -0.1) is 0 Å². The molecule has 9 nitrogen and oxygen atoms in total. The molecule has 2 aromatic rings. The lowest BCUT2D eigenvalue weighted by atomic mass is 10.0. The van der Waals surface area contributed by atoms with Crippen LogP contribution in [0.5, 0.6) is 5.75 Å². The molecule has 2 N–H and O–H groups in total. The number of fused-ring (bicyclic) bond motifs is 1. The number of aliphatic hydroxyl groups excluding tert-OH is 1. The minimum atomic E-state index is -3.77. The Balaban J connectivity index is 1.64. The van der Waals surface area contributed by atoms with Crippen molar-refractivity contribution in [2.75, 3.05) is 32.1 Å². The predicted molar refractivity (Wildman–Crippen MR) is 144 cm³/mol. The van der Waals surface area contributed by atoms with Crippen LogP contribution in [0, 0.1) is 18.8 Å². The molecule has 3 atom stereocenters. The van der Waals surface area contributed by atoms with Gasteiger partial charge < -0.3 is 20.1 Å². The Kier molecular flexibility index (Phi) is 8.44. The molecule has 1 fully saturated rings. The van der Waals surface area contributed by atoms with Crippen molar-refractivity contribution in [2.24, 2.45) is 11.8 Å². The molecule has 0 radical (unpaired) electrons. The van der Waals surface area contributed by atoms with Gasteiger partial charge in [0.25, 0.3) is 0 Å². The average molecular weight is 544 g/mol. The fraction of sp³-hybridized carbons (Fsp3) is 0.500. The summed E-state index contributed by atoms with van der Waals surface area (Å²) in [5, 5.41) is 12.7. The maximum absolute atomic E-state index is 13.3. The van der Waals surface area contributed by atoms with Crippen LogP contribution in [-0.2, 0) is 26.0 Å². The van der Waals surface area contributed by atoms with Crippen molar-refractivity contribution in [1.82, 2.24) is 9.21 Å². The number of sulfonamides is 1. The van der Waals surface area contributed by atoms with Gasteiger partial charge in [0.1, 0.15) is 11.9 Å². The maximum atomic E-state index is 13.3. The molecule has 1 heterocycles. The zero-order chi connectivity index (χ0) is 27.6. The lowest BCUT2D eigenvalue weighted by Crippen LogP contribution is -2.48. The van der Waals surface area contributed by atoms with Gasteiger partial charge in [0.05, 0.1) is 30.5 Å². The number of amides is 2. The molecular weight excluding hydrogens is 506 g/mol. The molecule has 2 aromatic carbocycles. The Labute approximate surface area is 224 Å². The van der Waals surface area contributed by atoms with E-state index in [0.717, 1.165) is 18.4 Å². The van der Waals surface area contributed by atoms with Crippen molar-refractivity contribution in [3.63, 3.8) is 0 Å². The number of nitrogens with zero attached hydrogens (tertiary/aromatic N) is 2. The van der Waals surface area contributed by atoms with Crippen LogP contribution in [0.4, 0.5) is 5.69 Å². The van der Waals surface area contributed by atoms with E-state index in [1.165, 1.54) is 11.4 Å². The molecule has 0 aromatic heterocycles. The first-order chi connectivity index (χ1) is 18.0. The van der Waals surface area contributed by atoms with Gasteiger partial charge in [0.2, 0.25) is 21.8 Å². The van der Waals surface area contributed by atoms with Crippen molar-refractivity contribution in [2.45, 2.75) is 57.1 Å². The van der Waals surface area contributed by atoms with Crippen LogP contribution in [0.25, 0.3) is 0 Å². The molecule has 2 aliphatic rings. The number of rotatable bonds is 8. The van der Waals surface area contributed by atoms with E-state index in [1.807, 2.05) is 13.8 Å². The third-order valence-corrected chi connectivity index (χ3v) is 9.14. The van der Waals surface area contributed by atoms with Crippen LogP contribution in [0.2, 0.25) is 0 Å². The normalized spacial score (nSPS) is 21.1. The van der Waals surface area contributed by atoms with Crippen LogP contribution < -0.4 is 10.1 Å². The molecule has 0 saturated heterocycles. The summed E-state index contributed by atoms with van der Waals surface area (Å²) < 4.78 is 34.3. The molecule has 4 rings (SSSR count). The zero-order valence-corrected chi connectivity index (χ0v) is 23.2. The van der Waals surface area contributed by atoms with E-state index in [2.05, 4.69) is 5.32 Å². The second-order valence-corrected chi connectivity index (χ2v) is 12.6. The minimum absolute atomic E-state index is 0.0315. The quantitative estimate of drug-likeness (QED) is 0.529. The fourth-order valence-corrected chi connectivity index (χ4v) is 5.74. The SMILES string of the molecule is Cc1ccc(S(=O)(=O)N(C)C[C@H]2Oc3ccc(NC(=O)C4CC4)cc3CC(=O)N([C@H](C)CO)C[C@@H]2C)cc1. The van der Waals surface area contributed by atoms with E-state index < -0.39 is 22.2 Å². The standard InChI is InChI=1S/C28H37N3O6S/c1-18-5-10-24(11-6-18)38(35,36)30(4)16-26-19(2)15-31(20(3)17-32)27(33)14-22-13-23(9-12-25(22)37-26)29-28(34)21-7-8-21/h5-6,9-13,19-21,26,32H,7-8,14-17H2,1-4H3,(H,29,34)/t19-,20+,26+/m0/s1. The van der Waals surface area contributed by atoms with Crippen molar-refractivity contribution in [1.29, 1.82) is 0 Å². The summed E-state index contributed by atoms with van der Waals surface area (Å²) in [6.07, 6.45) is 1.21. The monoisotopic (exact) mass is 543 g/mol. The number of benzene rings is 2. The Morgan fingerprint density at radius 3 is 2.53 bits per heavy atom. The van der Waals surface area contributed by atoms with Crippen LogP contribution in [0.1, 0.15) is 37.8 Å². The van der Waals surface area contributed by atoms with E-state index in [4.69, 9.17) is 4.74 Å². The molecule has 206 valence electrons. The number of hydrogen-bond acceptors (Lipinski definition) is 6. The number of aliphatic hydroxyl groups is 1. The smallest absolute Gasteiger partial charge is 0.242 e. The van der Waals surface area contributed by atoms with Crippen LogP contribution in [0.15, 0.2) is 47.4 Å². The number of nitrogens with one attached hydrogen (secondary N) is 1. The number of carbonyl (C=O) groups excluding carboxylic acids is 2. The highest BCUT2D eigenvalue weighted by Crippen LogP contribution is 2.33. The number of ether oxygens (including phenoxy) is 1. The maximum Gasteiger partial charge on any atom is 0.242 e. The molecule has 10 heteroatoms. The lowest BCUT2D eigenvalue weighted by molar-refractivity contribution is -0.134. The molecule has 1 aliphatic carbocycles. The van der Waals surface area contributed by atoms with E-state index in [0.29, 0.717) is 23.5 Å². The van der Waals surface area contributed by atoms with Crippen molar-refractivity contribution in [3.05, 3.63) is 53.6 Å². The Bertz CT molecular complexity index is 1280. The molecule has 1 saturated carbocycles. The summed E-state index contributed by atoms with van der Waals surface area (Å²) in [4.78, 5) is 27.5. The van der Waals surface area contributed by atoms with Gasteiger partial charge >= 0.3 is 0 Å². The summed E-state index contributed by atoms with van der Waals surface area (Å²) in [6, 6.07) is 11.5. The lowest BCUT2D eigenvalue weighted by Gasteiger charge is -2.33. The van der Waals surface area contributed by atoms with Gasteiger partial charge in [-0.05, 0) is 57.0 Å². The molecule has 0 unspecified atom stereocenters. The Hall–Kier alpha value is -2.95. The zero-order valence-electron chi connectivity index (χ0n) is 22.4. The highest BCUT2D eigenvalue weighted by Gasteiger charge is 2.34. The van der Waals surface area contributed by atoms with Gasteiger partial charge in [-0.25, -0.2) is 8.42 Å². The highest BCUT2D eigenvalue weighted by molar-refractivity contribution is 7.89. The van der Waals surface area contributed by atoms with E-state index >= 15 is 0 Å². The van der Waals surface area contributed by atoms with Gasteiger partial charge in [0, 0.05) is 36.7 Å². The fourth-order valence-electron chi connectivity index (χ4n) is 4.56.